The van der Waals surface area contributed by atoms with Gasteiger partial charge in [0.15, 0.2) is 0 Å². The monoisotopic (exact) mass is 348 g/mol. The summed E-state index contributed by atoms with van der Waals surface area (Å²) in [5, 5.41) is 7.81. The minimum Gasteiger partial charge on any atom is -0.335 e. The minimum atomic E-state index is 0. The molecule has 3 rings (SSSR count). The Labute approximate surface area is 144 Å². The lowest BCUT2D eigenvalue weighted by Gasteiger charge is -2.27. The molecule has 2 aliphatic heterocycles. The van der Waals surface area contributed by atoms with Crippen LogP contribution in [-0.4, -0.2) is 40.2 Å². The smallest absolute Gasteiger partial charge is 0.227 e. The normalized spacial score (nSPS) is 24.0. The third-order valence-corrected chi connectivity index (χ3v) is 4.84. The van der Waals surface area contributed by atoms with Gasteiger partial charge in [-0.1, -0.05) is 0 Å². The van der Waals surface area contributed by atoms with Crippen molar-refractivity contribution in [3.05, 3.63) is 17.0 Å². The first-order valence-electron chi connectivity index (χ1n) is 7.61. The fourth-order valence-electron chi connectivity index (χ4n) is 3.70. The molecule has 3 heterocycles. The Morgan fingerprint density at radius 2 is 2.00 bits per heavy atom. The van der Waals surface area contributed by atoms with E-state index in [2.05, 4.69) is 29.2 Å². The number of nitrogens with zero attached hydrogens (tertiary/aromatic N) is 3. The second kappa shape index (κ2) is 7.66. The third kappa shape index (κ3) is 3.26. The van der Waals surface area contributed by atoms with E-state index < -0.39 is 0 Å². The minimum absolute atomic E-state index is 0. The van der Waals surface area contributed by atoms with Crippen molar-refractivity contribution in [2.24, 2.45) is 13.0 Å². The second-order valence-electron chi connectivity index (χ2n) is 6.09. The van der Waals surface area contributed by atoms with E-state index in [4.69, 9.17) is 0 Å². The molecule has 2 aliphatic rings. The van der Waals surface area contributed by atoms with E-state index in [1.807, 2.05) is 11.7 Å². The molecule has 22 heavy (non-hydrogen) atoms. The molecule has 5 nitrogen and oxygen atoms in total. The van der Waals surface area contributed by atoms with Crippen molar-refractivity contribution in [2.45, 2.75) is 39.2 Å². The number of halogens is 2. The largest absolute Gasteiger partial charge is 0.335 e. The van der Waals surface area contributed by atoms with Crippen LogP contribution in [0.3, 0.4) is 0 Å². The fraction of sp³-hybridized carbons (Fsp3) is 0.733. The zero-order valence-electron chi connectivity index (χ0n) is 13.5. The van der Waals surface area contributed by atoms with Crippen LogP contribution in [0.5, 0.6) is 0 Å². The number of aryl methyl sites for hydroxylation is 2. The van der Waals surface area contributed by atoms with Crippen LogP contribution in [0.2, 0.25) is 0 Å². The van der Waals surface area contributed by atoms with Crippen LogP contribution in [0.25, 0.3) is 0 Å². The molecule has 7 heteroatoms. The first kappa shape index (κ1) is 19.3. The van der Waals surface area contributed by atoms with E-state index in [0.29, 0.717) is 5.91 Å². The summed E-state index contributed by atoms with van der Waals surface area (Å²) in [6, 6.07) is 0.233. The lowest BCUT2D eigenvalue weighted by molar-refractivity contribution is -0.135. The van der Waals surface area contributed by atoms with E-state index in [0.717, 1.165) is 44.6 Å². The zero-order chi connectivity index (χ0) is 14.3. The zero-order valence-corrected chi connectivity index (χ0v) is 15.1. The topological polar surface area (TPSA) is 50.2 Å². The lowest BCUT2D eigenvalue weighted by atomic mass is 10.0. The number of rotatable bonds is 2. The van der Waals surface area contributed by atoms with Crippen molar-refractivity contribution >= 4 is 30.7 Å². The molecule has 1 N–H and O–H groups in total. The highest BCUT2D eigenvalue weighted by atomic mass is 35.5. The number of carbonyl (C=O) groups is 1. The van der Waals surface area contributed by atoms with E-state index in [1.165, 1.54) is 11.3 Å². The van der Waals surface area contributed by atoms with Crippen molar-refractivity contribution in [1.29, 1.82) is 0 Å². The molecule has 1 aromatic rings. The molecule has 0 aliphatic carbocycles. The number of likely N-dealkylation sites (tertiary alicyclic amines) is 1. The average molecular weight is 349 g/mol. The van der Waals surface area contributed by atoms with E-state index >= 15 is 0 Å². The highest BCUT2D eigenvalue weighted by Crippen LogP contribution is 2.36. The number of hydrogen-bond donors (Lipinski definition) is 1. The van der Waals surface area contributed by atoms with Crippen molar-refractivity contribution in [1.82, 2.24) is 20.0 Å². The molecular formula is C15H26Cl2N4O. The van der Waals surface area contributed by atoms with Gasteiger partial charge in [0.2, 0.25) is 5.91 Å². The Bertz CT molecular complexity index is 526. The average Bonchev–Trinajstić information content (AvgIpc) is 3.12. The molecule has 0 saturated carbocycles. The van der Waals surface area contributed by atoms with Crippen molar-refractivity contribution in [2.75, 3.05) is 19.6 Å². The fourth-order valence-corrected chi connectivity index (χ4v) is 3.70. The predicted molar refractivity (Wildman–Crippen MR) is 91.8 cm³/mol. The number of carbonyl (C=O) groups excluding carboxylic acids is 1. The molecule has 0 spiro atoms. The maximum absolute atomic E-state index is 12.7. The molecule has 2 saturated heterocycles. The Balaban J connectivity index is 0.00000121. The summed E-state index contributed by atoms with van der Waals surface area (Å²) in [4.78, 5) is 14.8. The van der Waals surface area contributed by atoms with Crippen LogP contribution < -0.4 is 5.32 Å². The Hall–Kier alpha value is -0.780. The third-order valence-electron chi connectivity index (χ3n) is 4.84. The van der Waals surface area contributed by atoms with Gasteiger partial charge < -0.3 is 10.2 Å². The van der Waals surface area contributed by atoms with Gasteiger partial charge in [0, 0.05) is 31.4 Å². The Morgan fingerprint density at radius 1 is 1.27 bits per heavy atom. The molecule has 2 unspecified atom stereocenters. The first-order chi connectivity index (χ1) is 9.59. The first-order valence-corrected chi connectivity index (χ1v) is 7.61. The summed E-state index contributed by atoms with van der Waals surface area (Å²) in [6.45, 7) is 6.87. The SMILES string of the molecule is Cc1nn(C)c(C)c1C1CCCN1C(=O)C1CCNC1.Cl.Cl. The summed E-state index contributed by atoms with van der Waals surface area (Å²) < 4.78 is 1.93. The number of amides is 1. The van der Waals surface area contributed by atoms with E-state index in [9.17, 15) is 4.79 Å². The maximum Gasteiger partial charge on any atom is 0.227 e. The van der Waals surface area contributed by atoms with Crippen LogP contribution >= 0.6 is 24.8 Å². The van der Waals surface area contributed by atoms with Crippen LogP contribution in [0.4, 0.5) is 0 Å². The summed E-state index contributed by atoms with van der Waals surface area (Å²) >= 11 is 0. The summed E-state index contributed by atoms with van der Waals surface area (Å²) in [5.74, 6) is 0.507. The predicted octanol–water partition coefficient (Wildman–Crippen LogP) is 2.15. The van der Waals surface area contributed by atoms with Crippen LogP contribution in [-0.2, 0) is 11.8 Å². The number of aromatic nitrogens is 2. The van der Waals surface area contributed by atoms with Gasteiger partial charge in [0.05, 0.1) is 17.7 Å². The van der Waals surface area contributed by atoms with Gasteiger partial charge in [-0.25, -0.2) is 0 Å². The van der Waals surface area contributed by atoms with Gasteiger partial charge in [-0.2, -0.15) is 5.10 Å². The van der Waals surface area contributed by atoms with E-state index in [1.54, 1.807) is 0 Å². The molecular weight excluding hydrogens is 323 g/mol. The highest BCUT2D eigenvalue weighted by Gasteiger charge is 2.37. The number of nitrogens with one attached hydrogen (secondary N) is 1. The van der Waals surface area contributed by atoms with Gasteiger partial charge in [-0.3, -0.25) is 9.48 Å². The van der Waals surface area contributed by atoms with Gasteiger partial charge in [0.25, 0.3) is 0 Å². The van der Waals surface area contributed by atoms with Crippen molar-refractivity contribution in [3.8, 4) is 0 Å². The van der Waals surface area contributed by atoms with Crippen LogP contribution in [0.1, 0.15) is 42.3 Å². The molecule has 1 amide bonds. The Kier molecular flexibility index (Phi) is 6.71. The molecule has 2 atom stereocenters. The van der Waals surface area contributed by atoms with Gasteiger partial charge in [-0.05, 0) is 39.7 Å². The van der Waals surface area contributed by atoms with Gasteiger partial charge in [0.1, 0.15) is 0 Å². The lowest BCUT2D eigenvalue weighted by Crippen LogP contribution is -2.36. The summed E-state index contributed by atoms with van der Waals surface area (Å²) in [6.07, 6.45) is 3.15. The van der Waals surface area contributed by atoms with Crippen molar-refractivity contribution < 1.29 is 4.79 Å². The van der Waals surface area contributed by atoms with Crippen molar-refractivity contribution in [3.63, 3.8) is 0 Å². The summed E-state index contributed by atoms with van der Waals surface area (Å²) in [5.41, 5.74) is 3.53. The highest BCUT2D eigenvalue weighted by molar-refractivity contribution is 5.85. The standard InChI is InChI=1S/C15H24N4O.2ClH/c1-10-14(11(2)18(3)17-10)13-5-4-8-19(13)15(20)12-6-7-16-9-12;;/h12-13,16H,4-9H2,1-3H3;2*1H. The number of hydrogen-bond acceptors (Lipinski definition) is 3. The Morgan fingerprint density at radius 3 is 2.55 bits per heavy atom. The molecule has 0 aromatic carbocycles. The maximum atomic E-state index is 12.7. The molecule has 0 radical (unpaired) electrons. The summed E-state index contributed by atoms with van der Waals surface area (Å²) in [7, 11) is 1.98. The molecule has 2 fully saturated rings. The van der Waals surface area contributed by atoms with Crippen LogP contribution in [0, 0.1) is 19.8 Å². The van der Waals surface area contributed by atoms with E-state index in [-0.39, 0.29) is 36.8 Å². The van der Waals surface area contributed by atoms with Gasteiger partial charge >= 0.3 is 0 Å². The second-order valence-corrected chi connectivity index (χ2v) is 6.09. The molecule has 1 aromatic heterocycles. The van der Waals surface area contributed by atoms with Gasteiger partial charge in [-0.15, -0.1) is 24.8 Å². The quantitative estimate of drug-likeness (QED) is 0.890. The molecule has 0 bridgehead atoms. The van der Waals surface area contributed by atoms with Crippen LogP contribution in [0.15, 0.2) is 0 Å². The molecule has 126 valence electrons.